The van der Waals surface area contributed by atoms with Crippen molar-refractivity contribution in [2.45, 2.75) is 6.54 Å². The van der Waals surface area contributed by atoms with E-state index in [1.165, 1.54) is 7.11 Å². The summed E-state index contributed by atoms with van der Waals surface area (Å²) in [6, 6.07) is 5.19. The van der Waals surface area contributed by atoms with Crippen LogP contribution in [0.2, 0.25) is 0 Å². The van der Waals surface area contributed by atoms with Crippen LogP contribution in [0.4, 0.5) is 5.95 Å². The van der Waals surface area contributed by atoms with Crippen LogP contribution in [-0.2, 0) is 11.3 Å². The van der Waals surface area contributed by atoms with Gasteiger partial charge in [-0.05, 0) is 12.1 Å². The van der Waals surface area contributed by atoms with Crippen LogP contribution < -0.4 is 15.4 Å². The van der Waals surface area contributed by atoms with Gasteiger partial charge in [-0.3, -0.25) is 4.79 Å². The highest BCUT2D eigenvalue weighted by molar-refractivity contribution is 5.80. The number of amides is 1. The van der Waals surface area contributed by atoms with Crippen molar-refractivity contribution in [1.82, 2.24) is 15.3 Å². The lowest BCUT2D eigenvalue weighted by atomic mass is 10.4. The van der Waals surface area contributed by atoms with Gasteiger partial charge in [0.2, 0.25) is 17.7 Å². The smallest absolute Gasteiger partial charge is 0.239 e. The van der Waals surface area contributed by atoms with Crippen LogP contribution in [0.1, 0.15) is 5.76 Å². The number of hydrogen-bond acceptors (Lipinski definition) is 6. The third kappa shape index (κ3) is 3.98. The molecular formula is C12H14N4O3. The summed E-state index contributed by atoms with van der Waals surface area (Å²) >= 11 is 0. The number of carbonyl (C=O) groups is 1. The summed E-state index contributed by atoms with van der Waals surface area (Å²) in [4.78, 5) is 19.6. The highest BCUT2D eigenvalue weighted by Crippen LogP contribution is 2.06. The number of carbonyl (C=O) groups excluding carboxylic acids is 1. The maximum absolute atomic E-state index is 11.6. The zero-order valence-electron chi connectivity index (χ0n) is 10.4. The van der Waals surface area contributed by atoms with Crippen molar-refractivity contribution in [3.8, 4) is 5.88 Å². The molecule has 1 amide bonds. The number of hydrogen-bond donors (Lipinski definition) is 2. The fourth-order valence-corrected chi connectivity index (χ4v) is 1.36. The normalized spacial score (nSPS) is 9.95. The molecule has 100 valence electrons. The first-order valence-electron chi connectivity index (χ1n) is 5.68. The van der Waals surface area contributed by atoms with E-state index in [4.69, 9.17) is 9.15 Å². The van der Waals surface area contributed by atoms with Crippen molar-refractivity contribution < 1.29 is 13.9 Å². The lowest BCUT2D eigenvalue weighted by molar-refractivity contribution is -0.119. The molecule has 0 aromatic carbocycles. The summed E-state index contributed by atoms with van der Waals surface area (Å²) in [6.45, 7) is 0.431. The molecule has 19 heavy (non-hydrogen) atoms. The molecule has 2 aromatic heterocycles. The predicted molar refractivity (Wildman–Crippen MR) is 67.6 cm³/mol. The average molecular weight is 262 g/mol. The molecule has 7 heteroatoms. The molecule has 0 aliphatic heterocycles. The second-order valence-corrected chi connectivity index (χ2v) is 3.63. The first-order valence-corrected chi connectivity index (χ1v) is 5.68. The quantitative estimate of drug-likeness (QED) is 0.800. The Labute approximate surface area is 110 Å². The Morgan fingerprint density at radius 3 is 3.11 bits per heavy atom. The molecule has 0 saturated heterocycles. The maximum Gasteiger partial charge on any atom is 0.239 e. The molecule has 0 bridgehead atoms. The summed E-state index contributed by atoms with van der Waals surface area (Å²) < 4.78 is 10.1. The number of rotatable bonds is 6. The lowest BCUT2D eigenvalue weighted by Crippen LogP contribution is -2.29. The number of methoxy groups -OCH3 is 1. The van der Waals surface area contributed by atoms with E-state index in [1.54, 1.807) is 30.7 Å². The summed E-state index contributed by atoms with van der Waals surface area (Å²) in [5.74, 6) is 1.30. The fourth-order valence-electron chi connectivity index (χ4n) is 1.36. The maximum atomic E-state index is 11.6. The molecule has 7 nitrogen and oxygen atoms in total. The Hall–Kier alpha value is -2.57. The first kappa shape index (κ1) is 12.9. The van der Waals surface area contributed by atoms with Crippen molar-refractivity contribution >= 4 is 11.9 Å². The van der Waals surface area contributed by atoms with Gasteiger partial charge in [-0.2, -0.15) is 4.98 Å². The lowest BCUT2D eigenvalue weighted by Gasteiger charge is -2.06. The molecule has 0 saturated carbocycles. The first-order chi connectivity index (χ1) is 9.28. The summed E-state index contributed by atoms with van der Waals surface area (Å²) in [7, 11) is 1.52. The standard InChI is InChI=1S/C12H14N4O3/c1-18-11-4-5-13-12(16-11)15-8-10(17)14-7-9-3-2-6-19-9/h2-6H,7-8H2,1H3,(H,14,17)(H,13,15,16). The van der Waals surface area contributed by atoms with Crippen LogP contribution >= 0.6 is 0 Å². The second kappa shape index (κ2) is 6.39. The minimum absolute atomic E-state index is 0.0773. The zero-order valence-corrected chi connectivity index (χ0v) is 10.4. The third-order valence-corrected chi connectivity index (χ3v) is 2.29. The highest BCUT2D eigenvalue weighted by atomic mass is 16.5. The Kier molecular flexibility index (Phi) is 4.33. The molecule has 0 aliphatic rings. The number of anilines is 1. The Bertz CT molecular complexity index is 528. The van der Waals surface area contributed by atoms with E-state index in [1.807, 2.05) is 0 Å². The van der Waals surface area contributed by atoms with Crippen LogP contribution in [0, 0.1) is 0 Å². The predicted octanol–water partition coefficient (Wildman–Crippen LogP) is 0.806. The molecule has 2 aromatic rings. The van der Waals surface area contributed by atoms with Crippen molar-refractivity contribution in [2.75, 3.05) is 19.0 Å². The third-order valence-electron chi connectivity index (χ3n) is 2.29. The van der Waals surface area contributed by atoms with E-state index in [-0.39, 0.29) is 12.5 Å². The van der Waals surface area contributed by atoms with E-state index in [0.29, 0.717) is 24.1 Å². The topological polar surface area (TPSA) is 89.3 Å². The molecule has 2 N–H and O–H groups in total. The van der Waals surface area contributed by atoms with Crippen molar-refractivity contribution in [1.29, 1.82) is 0 Å². The minimum atomic E-state index is -0.178. The number of nitrogens with zero attached hydrogens (tertiary/aromatic N) is 2. The molecule has 0 aliphatic carbocycles. The summed E-state index contributed by atoms with van der Waals surface area (Å²) in [5.41, 5.74) is 0. The number of aromatic nitrogens is 2. The van der Waals surface area contributed by atoms with E-state index >= 15 is 0 Å². The largest absolute Gasteiger partial charge is 0.481 e. The van der Waals surface area contributed by atoms with Gasteiger partial charge in [0.05, 0.1) is 26.5 Å². The molecule has 0 radical (unpaired) electrons. The van der Waals surface area contributed by atoms with Gasteiger partial charge in [0.15, 0.2) is 0 Å². The van der Waals surface area contributed by atoms with E-state index in [9.17, 15) is 4.79 Å². The Morgan fingerprint density at radius 2 is 2.37 bits per heavy atom. The van der Waals surface area contributed by atoms with Gasteiger partial charge in [-0.15, -0.1) is 0 Å². The summed E-state index contributed by atoms with van der Waals surface area (Å²) in [6.07, 6.45) is 3.11. The Morgan fingerprint density at radius 1 is 1.47 bits per heavy atom. The van der Waals surface area contributed by atoms with Gasteiger partial charge in [0.1, 0.15) is 5.76 Å². The second-order valence-electron chi connectivity index (χ2n) is 3.63. The van der Waals surface area contributed by atoms with Gasteiger partial charge in [-0.1, -0.05) is 0 Å². The molecule has 2 heterocycles. The summed E-state index contributed by atoms with van der Waals surface area (Å²) in [5, 5.41) is 5.51. The molecule has 0 spiro atoms. The van der Waals surface area contributed by atoms with Gasteiger partial charge >= 0.3 is 0 Å². The molecule has 2 rings (SSSR count). The fraction of sp³-hybridized carbons (Fsp3) is 0.250. The van der Waals surface area contributed by atoms with E-state index in [0.717, 1.165) is 0 Å². The number of furan rings is 1. The zero-order chi connectivity index (χ0) is 13.5. The molecular weight excluding hydrogens is 248 g/mol. The van der Waals surface area contributed by atoms with Crippen molar-refractivity contribution in [3.63, 3.8) is 0 Å². The van der Waals surface area contributed by atoms with Gasteiger partial charge in [0, 0.05) is 12.3 Å². The van der Waals surface area contributed by atoms with Crippen LogP contribution in [-0.4, -0.2) is 29.5 Å². The minimum Gasteiger partial charge on any atom is -0.481 e. The molecule has 0 unspecified atom stereocenters. The monoisotopic (exact) mass is 262 g/mol. The highest BCUT2D eigenvalue weighted by Gasteiger charge is 2.04. The number of ether oxygens (including phenoxy) is 1. The van der Waals surface area contributed by atoms with Gasteiger partial charge < -0.3 is 19.8 Å². The van der Waals surface area contributed by atoms with Crippen molar-refractivity contribution in [2.24, 2.45) is 0 Å². The van der Waals surface area contributed by atoms with Crippen LogP contribution in [0.5, 0.6) is 5.88 Å². The van der Waals surface area contributed by atoms with Crippen LogP contribution in [0.3, 0.4) is 0 Å². The Balaban J connectivity index is 1.76. The van der Waals surface area contributed by atoms with E-state index in [2.05, 4.69) is 20.6 Å². The van der Waals surface area contributed by atoms with Crippen LogP contribution in [0.25, 0.3) is 0 Å². The van der Waals surface area contributed by atoms with Crippen LogP contribution in [0.15, 0.2) is 35.1 Å². The van der Waals surface area contributed by atoms with E-state index < -0.39 is 0 Å². The van der Waals surface area contributed by atoms with Crippen molar-refractivity contribution in [3.05, 3.63) is 36.4 Å². The van der Waals surface area contributed by atoms with Gasteiger partial charge in [-0.25, -0.2) is 4.98 Å². The SMILES string of the molecule is COc1ccnc(NCC(=O)NCc2ccco2)n1. The van der Waals surface area contributed by atoms with Gasteiger partial charge in [0.25, 0.3) is 0 Å². The molecule has 0 atom stereocenters. The average Bonchev–Trinajstić information content (AvgIpc) is 2.96. The number of nitrogens with one attached hydrogen (secondary N) is 2. The molecule has 0 fully saturated rings.